The van der Waals surface area contributed by atoms with Crippen LogP contribution < -0.4 is 20.7 Å². The van der Waals surface area contributed by atoms with Crippen LogP contribution in [0.1, 0.15) is 0 Å². The zero-order chi connectivity index (χ0) is 36.5. The zero-order valence-electron chi connectivity index (χ0n) is 30.1. The van der Waals surface area contributed by atoms with Gasteiger partial charge in [-0.3, -0.25) is 4.57 Å². The van der Waals surface area contributed by atoms with Crippen LogP contribution >= 0.6 is 0 Å². The summed E-state index contributed by atoms with van der Waals surface area (Å²) in [7, 11) is -0.845. The number of pyridine rings is 1. The summed E-state index contributed by atoms with van der Waals surface area (Å²) in [6.07, 6.45) is 1.89. The van der Waals surface area contributed by atoms with Crippen LogP contribution in [-0.4, -0.2) is 27.2 Å². The molecule has 11 aromatic rings. The molecule has 0 saturated heterocycles. The molecule has 5 nitrogen and oxygen atoms in total. The van der Waals surface area contributed by atoms with E-state index < -0.39 is 8.07 Å². The maximum Gasteiger partial charge on any atom is 0.179 e. The molecular formula is C49H34N4OSi. The number of nitrogens with zero attached hydrogens (tertiary/aromatic N) is 4. The van der Waals surface area contributed by atoms with Crippen LogP contribution in [0.3, 0.4) is 0 Å². The molecule has 0 atom stereocenters. The molecule has 4 heterocycles. The Kier molecular flexibility index (Phi) is 7.02. The minimum Gasteiger partial charge on any atom is -0.456 e. The maximum absolute atomic E-state index is 6.44. The topological polar surface area (TPSA) is 48.8 Å². The Morgan fingerprint density at radius 1 is 0.491 bits per heavy atom. The van der Waals surface area contributed by atoms with Crippen LogP contribution in [0.15, 0.2) is 193 Å². The molecule has 0 aliphatic heterocycles. The average molecular weight is 723 g/mol. The summed E-state index contributed by atoms with van der Waals surface area (Å²) >= 11 is 0. The van der Waals surface area contributed by atoms with Gasteiger partial charge in [-0.25, -0.2) is 9.97 Å². The molecule has 0 N–H and O–H groups in total. The second-order valence-corrected chi connectivity index (χ2v) is 18.1. The Morgan fingerprint density at radius 3 is 1.96 bits per heavy atom. The highest BCUT2D eigenvalue weighted by Crippen LogP contribution is 2.37. The number of aromatic nitrogens is 4. The summed E-state index contributed by atoms with van der Waals surface area (Å²) in [5.41, 5.74) is 8.00. The van der Waals surface area contributed by atoms with E-state index in [9.17, 15) is 0 Å². The van der Waals surface area contributed by atoms with Crippen molar-refractivity contribution in [1.29, 1.82) is 0 Å². The van der Waals surface area contributed by atoms with Crippen LogP contribution in [0, 0.1) is 0 Å². The number of benzene rings is 7. The van der Waals surface area contributed by atoms with E-state index in [-0.39, 0.29) is 0 Å². The fraction of sp³-hybridized carbons (Fsp3) is 0.0204. The van der Waals surface area contributed by atoms with Gasteiger partial charge in [0.25, 0.3) is 0 Å². The largest absolute Gasteiger partial charge is 0.456 e. The predicted molar refractivity (Wildman–Crippen MR) is 229 cm³/mol. The second kappa shape index (κ2) is 12.3. The molecule has 0 aliphatic carbocycles. The Labute approximate surface area is 318 Å². The molecule has 0 bridgehead atoms. The highest BCUT2D eigenvalue weighted by Gasteiger charge is 2.42. The number of hydrogen-bond donors (Lipinski definition) is 0. The lowest BCUT2D eigenvalue weighted by molar-refractivity contribution is 0.669. The Bertz CT molecular complexity index is 3190. The molecule has 0 aliphatic rings. The van der Waals surface area contributed by atoms with Crippen LogP contribution in [0.5, 0.6) is 0 Å². The van der Waals surface area contributed by atoms with Gasteiger partial charge in [0.2, 0.25) is 0 Å². The van der Waals surface area contributed by atoms with Crippen molar-refractivity contribution in [2.24, 2.45) is 7.05 Å². The molecule has 0 saturated carbocycles. The first-order chi connectivity index (χ1) is 27.2. The van der Waals surface area contributed by atoms with Gasteiger partial charge in [0.15, 0.2) is 8.07 Å². The van der Waals surface area contributed by atoms with Crippen molar-refractivity contribution in [3.63, 3.8) is 0 Å². The summed E-state index contributed by atoms with van der Waals surface area (Å²) < 4.78 is 11.0. The summed E-state index contributed by atoms with van der Waals surface area (Å²) in [6.45, 7) is 0. The van der Waals surface area contributed by atoms with Crippen molar-refractivity contribution in [3.05, 3.63) is 188 Å². The van der Waals surface area contributed by atoms with Crippen LogP contribution in [-0.2, 0) is 7.05 Å². The lowest BCUT2D eigenvalue weighted by atomic mass is 10.1. The van der Waals surface area contributed by atoms with Gasteiger partial charge >= 0.3 is 0 Å². The van der Waals surface area contributed by atoms with Crippen LogP contribution in [0.4, 0.5) is 0 Å². The number of fused-ring (bicyclic) bond motifs is 7. The second-order valence-electron chi connectivity index (χ2n) is 14.3. The minimum absolute atomic E-state index is 0.866. The number of hydrogen-bond acceptors (Lipinski definition) is 3. The molecule has 0 unspecified atom stereocenters. The van der Waals surface area contributed by atoms with E-state index in [4.69, 9.17) is 14.4 Å². The van der Waals surface area contributed by atoms with Crippen molar-refractivity contribution in [2.45, 2.75) is 0 Å². The average Bonchev–Trinajstić information content (AvgIpc) is 3.90. The molecule has 0 radical (unpaired) electrons. The lowest BCUT2D eigenvalue weighted by Crippen LogP contribution is -2.74. The molecule has 260 valence electrons. The summed E-state index contributed by atoms with van der Waals surface area (Å²) in [5, 5.41) is 9.68. The fourth-order valence-electron chi connectivity index (χ4n) is 8.87. The van der Waals surface area contributed by atoms with E-state index in [2.05, 4.69) is 180 Å². The molecule has 55 heavy (non-hydrogen) atoms. The maximum atomic E-state index is 6.44. The van der Waals surface area contributed by atoms with E-state index >= 15 is 0 Å². The predicted octanol–water partition coefficient (Wildman–Crippen LogP) is 9.01. The van der Waals surface area contributed by atoms with Gasteiger partial charge in [-0.2, -0.15) is 0 Å². The summed E-state index contributed by atoms with van der Waals surface area (Å²) in [6, 6.07) is 65.8. The molecule has 4 aromatic heterocycles. The number of rotatable bonds is 6. The first kappa shape index (κ1) is 31.5. The van der Waals surface area contributed by atoms with Gasteiger partial charge in [-0.15, -0.1) is 0 Å². The fourth-order valence-corrected chi connectivity index (χ4v) is 13.7. The smallest absolute Gasteiger partial charge is 0.179 e. The third kappa shape index (κ3) is 4.71. The summed E-state index contributed by atoms with van der Waals surface area (Å²) in [4.78, 5) is 10.1. The molecular weight excluding hydrogens is 689 g/mol. The highest BCUT2D eigenvalue weighted by atomic mass is 28.3. The number of para-hydroxylation sites is 3. The number of aryl methyl sites for hydroxylation is 1. The lowest BCUT2D eigenvalue weighted by Gasteiger charge is -2.35. The van der Waals surface area contributed by atoms with E-state index in [1.807, 2.05) is 24.4 Å². The van der Waals surface area contributed by atoms with Crippen molar-refractivity contribution in [1.82, 2.24) is 19.1 Å². The monoisotopic (exact) mass is 722 g/mol. The third-order valence-electron chi connectivity index (χ3n) is 11.3. The van der Waals surface area contributed by atoms with E-state index in [1.165, 1.54) is 20.7 Å². The minimum atomic E-state index is -2.95. The van der Waals surface area contributed by atoms with Gasteiger partial charge in [0, 0.05) is 52.1 Å². The van der Waals surface area contributed by atoms with Gasteiger partial charge in [-0.1, -0.05) is 127 Å². The number of imidazole rings is 1. The number of furan rings is 1. The zero-order valence-corrected chi connectivity index (χ0v) is 31.1. The normalized spacial score (nSPS) is 12.1. The van der Waals surface area contributed by atoms with Crippen molar-refractivity contribution in [3.8, 4) is 17.1 Å². The molecule has 0 fully saturated rings. The van der Waals surface area contributed by atoms with E-state index in [0.29, 0.717) is 0 Å². The Hall–Kier alpha value is -7.02. The van der Waals surface area contributed by atoms with E-state index in [0.717, 1.165) is 72.0 Å². The molecule has 7 aromatic carbocycles. The van der Waals surface area contributed by atoms with E-state index in [1.54, 1.807) is 0 Å². The standard InChI is InChI=1S/C49H34N4OSi/c1-52-44-26-10-9-25-43(44)51-48(52)33-15-12-21-37(29-33)55(35-17-4-2-5-18-35,36-19-6-3-7-20-36)38-22-13-16-34(30-38)53-45-32-47-42(39-23-8-11-27-46(39)54-47)31-41(45)40-24-14-28-50-49(40)53/h2-32H,1H3. The Balaban J connectivity index is 1.20. The molecule has 0 spiro atoms. The van der Waals surface area contributed by atoms with Gasteiger partial charge in [0.1, 0.15) is 22.6 Å². The van der Waals surface area contributed by atoms with Gasteiger partial charge < -0.3 is 8.98 Å². The first-order valence-electron chi connectivity index (χ1n) is 18.6. The SMILES string of the molecule is Cn1c(-c2cccc([Si](c3ccccc3)(c3ccccc3)c3cccc(-n4c5cc6oc7ccccc7c6cc5c5cccnc54)c3)c2)nc2ccccc21. The van der Waals surface area contributed by atoms with Gasteiger partial charge in [-0.05, 0) is 69.3 Å². The Morgan fingerprint density at radius 2 is 1.16 bits per heavy atom. The third-order valence-corrected chi connectivity index (χ3v) is 16.1. The van der Waals surface area contributed by atoms with Crippen molar-refractivity contribution < 1.29 is 4.42 Å². The van der Waals surface area contributed by atoms with Crippen LogP contribution in [0.25, 0.3) is 72.0 Å². The molecule has 0 amide bonds. The summed E-state index contributed by atoms with van der Waals surface area (Å²) in [5.74, 6) is 0.953. The van der Waals surface area contributed by atoms with Crippen LogP contribution in [0.2, 0.25) is 0 Å². The van der Waals surface area contributed by atoms with Crippen molar-refractivity contribution in [2.75, 3.05) is 0 Å². The first-order valence-corrected chi connectivity index (χ1v) is 20.6. The quantitative estimate of drug-likeness (QED) is 0.127. The van der Waals surface area contributed by atoms with Crippen molar-refractivity contribution >= 4 is 83.7 Å². The molecule has 11 rings (SSSR count). The molecule has 6 heteroatoms. The highest BCUT2D eigenvalue weighted by molar-refractivity contribution is 7.20. The van der Waals surface area contributed by atoms with Gasteiger partial charge in [0.05, 0.1) is 16.6 Å².